The molecular weight excluding hydrogens is 335 g/mol. The molecule has 3 heterocycles. The largest absolute Gasteiger partial charge is 0.475 e. The Morgan fingerprint density at radius 1 is 1.08 bits per heavy atom. The van der Waals surface area contributed by atoms with Crippen LogP contribution in [0.3, 0.4) is 0 Å². The summed E-state index contributed by atoms with van der Waals surface area (Å²) in [5.74, 6) is 0.693. The summed E-state index contributed by atoms with van der Waals surface area (Å²) < 4.78 is 20.0. The van der Waals surface area contributed by atoms with Crippen LogP contribution in [0.15, 0.2) is 42.6 Å². The molecule has 1 aromatic carbocycles. The lowest BCUT2D eigenvalue weighted by atomic mass is 10.1. The molecule has 0 aliphatic carbocycles. The van der Waals surface area contributed by atoms with E-state index in [2.05, 4.69) is 19.9 Å². The van der Waals surface area contributed by atoms with Gasteiger partial charge in [-0.25, -0.2) is 9.50 Å². The second-order valence-corrected chi connectivity index (χ2v) is 6.44. The third-order valence-corrected chi connectivity index (χ3v) is 4.66. The van der Waals surface area contributed by atoms with Crippen molar-refractivity contribution in [3.63, 3.8) is 0 Å². The Labute approximate surface area is 151 Å². The van der Waals surface area contributed by atoms with Crippen LogP contribution in [-0.2, 0) is 0 Å². The number of rotatable bonds is 6. The van der Waals surface area contributed by atoms with Gasteiger partial charge in [0.05, 0.1) is 11.9 Å². The Hall–Kier alpha value is -2.67. The van der Waals surface area contributed by atoms with Gasteiger partial charge in [0.25, 0.3) is 0 Å². The summed E-state index contributed by atoms with van der Waals surface area (Å²) in [4.78, 5) is 10.6. The molecule has 0 atom stereocenters. The number of hydrogen-bond donors (Lipinski definition) is 0. The fourth-order valence-electron chi connectivity index (χ4n) is 3.30. The average Bonchev–Trinajstić information content (AvgIpc) is 3.12. The lowest BCUT2D eigenvalue weighted by Crippen LogP contribution is -2.33. The average molecular weight is 356 g/mol. The number of halogens is 1. The minimum Gasteiger partial charge on any atom is -0.475 e. The summed E-state index contributed by atoms with van der Waals surface area (Å²) in [5, 5.41) is 4.53. The minimum atomic E-state index is 0.145. The summed E-state index contributed by atoms with van der Waals surface area (Å²) in [6, 6.07) is 10.4. The molecule has 1 saturated heterocycles. The predicted molar refractivity (Wildman–Crippen MR) is 95.9 cm³/mol. The van der Waals surface area contributed by atoms with E-state index in [1.54, 1.807) is 28.9 Å². The summed E-state index contributed by atoms with van der Waals surface area (Å²) in [6.07, 6.45) is 5.57. The first-order valence-electron chi connectivity index (χ1n) is 8.92. The van der Waals surface area contributed by atoms with E-state index in [1.807, 2.05) is 18.2 Å². The SMILES string of the molecule is FOc1cccc(-c2cnc3ccc(OCCN4CCCCC4)nn23)c1. The first-order valence-corrected chi connectivity index (χ1v) is 8.92. The molecule has 0 unspecified atom stereocenters. The lowest BCUT2D eigenvalue weighted by molar-refractivity contribution is -0.00614. The maximum absolute atomic E-state index is 12.5. The highest BCUT2D eigenvalue weighted by Crippen LogP contribution is 2.25. The van der Waals surface area contributed by atoms with Gasteiger partial charge in [0.2, 0.25) is 5.88 Å². The van der Waals surface area contributed by atoms with Crippen LogP contribution in [0, 0.1) is 0 Å². The Morgan fingerprint density at radius 2 is 1.96 bits per heavy atom. The molecule has 0 saturated carbocycles. The Balaban J connectivity index is 1.50. The van der Waals surface area contributed by atoms with Gasteiger partial charge < -0.3 is 4.74 Å². The van der Waals surface area contributed by atoms with Crippen LogP contribution in [0.25, 0.3) is 16.9 Å². The van der Waals surface area contributed by atoms with Gasteiger partial charge in [-0.3, -0.25) is 9.84 Å². The second kappa shape index (κ2) is 7.70. The van der Waals surface area contributed by atoms with Gasteiger partial charge in [0, 0.05) is 22.7 Å². The standard InChI is InChI=1S/C19H21FN4O2/c20-26-16-6-4-5-15(13-16)17-14-21-18-7-8-19(22-24(17)18)25-12-11-23-9-2-1-3-10-23/h4-8,13-14H,1-3,9-12H2. The zero-order chi connectivity index (χ0) is 17.8. The minimum absolute atomic E-state index is 0.145. The molecule has 1 aliphatic heterocycles. The molecule has 1 aliphatic rings. The molecule has 1 fully saturated rings. The summed E-state index contributed by atoms with van der Waals surface area (Å²) >= 11 is 0. The molecule has 3 aromatic rings. The number of likely N-dealkylation sites (tertiary alicyclic amines) is 1. The van der Waals surface area contributed by atoms with Crippen LogP contribution in [0.1, 0.15) is 19.3 Å². The van der Waals surface area contributed by atoms with Crippen LogP contribution in [0.2, 0.25) is 0 Å². The van der Waals surface area contributed by atoms with Gasteiger partial charge in [-0.05, 0) is 44.1 Å². The highest BCUT2D eigenvalue weighted by Gasteiger charge is 2.12. The van der Waals surface area contributed by atoms with E-state index in [-0.39, 0.29) is 5.75 Å². The lowest BCUT2D eigenvalue weighted by Gasteiger charge is -2.25. The van der Waals surface area contributed by atoms with Crippen molar-refractivity contribution in [2.45, 2.75) is 19.3 Å². The number of ether oxygens (including phenoxy) is 1. The van der Waals surface area contributed by atoms with E-state index in [4.69, 9.17) is 4.74 Å². The summed E-state index contributed by atoms with van der Waals surface area (Å²) in [6.45, 7) is 3.81. The van der Waals surface area contributed by atoms with E-state index in [9.17, 15) is 4.53 Å². The molecule has 0 amide bonds. The van der Waals surface area contributed by atoms with E-state index in [0.717, 1.165) is 30.9 Å². The van der Waals surface area contributed by atoms with Crippen LogP contribution in [-0.4, -0.2) is 45.7 Å². The Morgan fingerprint density at radius 3 is 2.81 bits per heavy atom. The smallest absolute Gasteiger partial charge is 0.231 e. The molecule has 136 valence electrons. The maximum atomic E-state index is 12.5. The van der Waals surface area contributed by atoms with Crippen LogP contribution >= 0.6 is 0 Å². The monoisotopic (exact) mass is 356 g/mol. The normalized spacial score (nSPS) is 15.3. The van der Waals surface area contributed by atoms with E-state index >= 15 is 0 Å². The number of benzene rings is 1. The number of imidazole rings is 1. The zero-order valence-electron chi connectivity index (χ0n) is 14.5. The summed E-state index contributed by atoms with van der Waals surface area (Å²) in [7, 11) is 0. The predicted octanol–water partition coefficient (Wildman–Crippen LogP) is 3.52. The third kappa shape index (κ3) is 3.62. The number of hydrogen-bond acceptors (Lipinski definition) is 5. The van der Waals surface area contributed by atoms with Crippen molar-refractivity contribution in [1.29, 1.82) is 0 Å². The van der Waals surface area contributed by atoms with Crippen LogP contribution < -0.4 is 9.68 Å². The van der Waals surface area contributed by atoms with Gasteiger partial charge in [-0.15, -0.1) is 5.10 Å². The zero-order valence-corrected chi connectivity index (χ0v) is 14.5. The van der Waals surface area contributed by atoms with Gasteiger partial charge in [0.1, 0.15) is 6.61 Å². The number of piperidine rings is 1. The Bertz CT molecular complexity index is 877. The number of aromatic nitrogens is 3. The molecule has 0 spiro atoms. The molecular formula is C19H21FN4O2. The number of nitrogens with zero attached hydrogens (tertiary/aromatic N) is 4. The maximum Gasteiger partial charge on any atom is 0.231 e. The van der Waals surface area contributed by atoms with Gasteiger partial charge >= 0.3 is 0 Å². The van der Waals surface area contributed by atoms with Crippen molar-refractivity contribution >= 4 is 5.65 Å². The molecule has 2 aromatic heterocycles. The van der Waals surface area contributed by atoms with E-state index in [0.29, 0.717) is 18.1 Å². The Kier molecular flexibility index (Phi) is 4.97. The molecule has 26 heavy (non-hydrogen) atoms. The van der Waals surface area contributed by atoms with Gasteiger partial charge in [-0.2, -0.15) is 0 Å². The fraction of sp³-hybridized carbons (Fsp3) is 0.368. The van der Waals surface area contributed by atoms with E-state index in [1.165, 1.54) is 19.3 Å². The highest BCUT2D eigenvalue weighted by atomic mass is 19.3. The summed E-state index contributed by atoms with van der Waals surface area (Å²) in [5.41, 5.74) is 2.22. The quantitative estimate of drug-likeness (QED) is 0.676. The molecule has 6 nitrogen and oxygen atoms in total. The van der Waals surface area contributed by atoms with Crippen LogP contribution in [0.5, 0.6) is 11.6 Å². The first kappa shape index (κ1) is 16.8. The van der Waals surface area contributed by atoms with Crippen LogP contribution in [0.4, 0.5) is 4.53 Å². The second-order valence-electron chi connectivity index (χ2n) is 6.44. The number of fused-ring (bicyclic) bond motifs is 1. The van der Waals surface area contributed by atoms with Crippen molar-refractivity contribution in [3.8, 4) is 22.9 Å². The highest BCUT2D eigenvalue weighted by molar-refractivity contribution is 5.64. The molecule has 0 bridgehead atoms. The first-order chi connectivity index (χ1) is 12.8. The van der Waals surface area contributed by atoms with Crippen molar-refractivity contribution < 1.29 is 14.2 Å². The van der Waals surface area contributed by atoms with E-state index < -0.39 is 0 Å². The van der Waals surface area contributed by atoms with Gasteiger partial charge in [-0.1, -0.05) is 18.6 Å². The van der Waals surface area contributed by atoms with Gasteiger partial charge in [0.15, 0.2) is 11.4 Å². The van der Waals surface area contributed by atoms with Crippen molar-refractivity contribution in [1.82, 2.24) is 19.5 Å². The topological polar surface area (TPSA) is 51.9 Å². The van der Waals surface area contributed by atoms with Crippen molar-refractivity contribution in [2.75, 3.05) is 26.2 Å². The molecule has 0 radical (unpaired) electrons. The van der Waals surface area contributed by atoms with Crippen molar-refractivity contribution in [2.24, 2.45) is 0 Å². The molecule has 7 heteroatoms. The van der Waals surface area contributed by atoms with Crippen molar-refractivity contribution in [3.05, 3.63) is 42.6 Å². The molecule has 0 N–H and O–H groups in total. The fourth-order valence-corrected chi connectivity index (χ4v) is 3.30. The molecule has 4 rings (SSSR count). The third-order valence-electron chi connectivity index (χ3n) is 4.66.